The molecule has 2 amide bonds. The fourth-order valence-corrected chi connectivity index (χ4v) is 4.50. The molecule has 0 saturated heterocycles. The fraction of sp³-hybridized carbons (Fsp3) is 0.333. The lowest BCUT2D eigenvalue weighted by atomic mass is 10.3. The van der Waals surface area contributed by atoms with E-state index < -0.39 is 30.8 Å². The summed E-state index contributed by atoms with van der Waals surface area (Å²) in [6.07, 6.45) is 1.46. The first-order chi connectivity index (χ1) is 10.1. The Morgan fingerprint density at radius 2 is 1.77 bits per heavy atom. The highest BCUT2D eigenvalue weighted by Crippen LogP contribution is 2.20. The van der Waals surface area contributed by atoms with Crippen molar-refractivity contribution in [1.29, 1.82) is 0 Å². The van der Waals surface area contributed by atoms with Gasteiger partial charge in [0.15, 0.2) is 9.84 Å². The van der Waals surface area contributed by atoms with Gasteiger partial charge in [-0.3, -0.25) is 0 Å². The third kappa shape index (κ3) is 3.45. The predicted octanol–water partition coefficient (Wildman–Crippen LogP) is 0.570. The molecule has 1 aromatic rings. The van der Waals surface area contributed by atoms with Crippen LogP contribution < -0.4 is 4.72 Å². The van der Waals surface area contributed by atoms with Crippen LogP contribution in [-0.2, 0) is 19.9 Å². The first-order valence-corrected chi connectivity index (χ1v) is 9.66. The number of benzene rings is 1. The van der Waals surface area contributed by atoms with Crippen LogP contribution in [0.1, 0.15) is 13.3 Å². The van der Waals surface area contributed by atoms with E-state index in [9.17, 15) is 21.6 Å². The minimum absolute atomic E-state index is 0.279. The number of sulfonamides is 1. The summed E-state index contributed by atoms with van der Waals surface area (Å²) in [5.74, 6) is 0. The number of hydrazone groups is 1. The molecule has 10 heteroatoms. The van der Waals surface area contributed by atoms with Gasteiger partial charge in [-0.2, -0.15) is 5.10 Å². The zero-order valence-corrected chi connectivity index (χ0v) is 13.6. The van der Waals surface area contributed by atoms with Gasteiger partial charge in [0.25, 0.3) is 10.0 Å². The van der Waals surface area contributed by atoms with Crippen LogP contribution in [0.4, 0.5) is 4.79 Å². The van der Waals surface area contributed by atoms with Crippen molar-refractivity contribution in [3.05, 3.63) is 24.3 Å². The summed E-state index contributed by atoms with van der Waals surface area (Å²) in [5.41, 5.74) is 0.712. The molecular weight excluding hydrogens is 330 g/mol. The molecule has 0 fully saturated rings. The molecule has 0 atom stereocenters. The Hall–Kier alpha value is -1.94. The zero-order chi connectivity index (χ0) is 16.5. The van der Waals surface area contributed by atoms with Crippen LogP contribution in [0, 0.1) is 0 Å². The van der Waals surface area contributed by atoms with E-state index in [1.807, 2.05) is 4.72 Å². The Bertz CT molecular complexity index is 843. The highest BCUT2D eigenvalue weighted by Gasteiger charge is 2.28. The van der Waals surface area contributed by atoms with Crippen molar-refractivity contribution in [2.75, 3.05) is 12.8 Å². The van der Waals surface area contributed by atoms with E-state index in [2.05, 4.69) is 5.10 Å². The molecule has 2 rings (SSSR count). The molecule has 1 N–H and O–H groups in total. The molecule has 1 aliphatic heterocycles. The lowest BCUT2D eigenvalue weighted by Gasteiger charge is -2.14. The number of amides is 2. The molecule has 0 unspecified atom stereocenters. The third-order valence-corrected chi connectivity index (χ3v) is 5.63. The van der Waals surface area contributed by atoms with Crippen molar-refractivity contribution >= 4 is 31.6 Å². The van der Waals surface area contributed by atoms with Gasteiger partial charge < -0.3 is 0 Å². The molecule has 0 bridgehead atoms. The number of hydrogen-bond donors (Lipinski definition) is 1. The maximum atomic E-state index is 12.3. The number of carbonyl (C=O) groups is 1. The van der Waals surface area contributed by atoms with Crippen molar-refractivity contribution in [3.8, 4) is 0 Å². The van der Waals surface area contributed by atoms with Gasteiger partial charge in [0.05, 0.1) is 11.4 Å². The van der Waals surface area contributed by atoms with Gasteiger partial charge in [-0.1, -0.05) is 12.1 Å². The van der Waals surface area contributed by atoms with E-state index >= 15 is 0 Å². The quantitative estimate of drug-likeness (QED) is 0.860. The van der Waals surface area contributed by atoms with Crippen LogP contribution in [0.25, 0.3) is 0 Å². The number of urea groups is 1. The maximum Gasteiger partial charge on any atom is 0.351 e. The van der Waals surface area contributed by atoms with E-state index in [-0.39, 0.29) is 11.4 Å². The van der Waals surface area contributed by atoms with Gasteiger partial charge in [-0.15, -0.1) is 0 Å². The highest BCUT2D eigenvalue weighted by atomic mass is 32.2. The molecule has 0 radical (unpaired) electrons. The number of carbonyl (C=O) groups excluding carboxylic acids is 1. The molecule has 1 heterocycles. The van der Waals surface area contributed by atoms with Crippen molar-refractivity contribution in [1.82, 2.24) is 9.73 Å². The average molecular weight is 345 g/mol. The van der Waals surface area contributed by atoms with Gasteiger partial charge in [0.1, 0.15) is 4.90 Å². The Balaban J connectivity index is 2.35. The van der Waals surface area contributed by atoms with Crippen LogP contribution in [0.5, 0.6) is 0 Å². The second kappa shape index (κ2) is 5.69. The molecule has 0 aliphatic carbocycles. The molecule has 0 saturated carbocycles. The summed E-state index contributed by atoms with van der Waals surface area (Å²) in [6.45, 7) is 2.00. The summed E-state index contributed by atoms with van der Waals surface area (Å²) in [7, 11) is -8.07. The summed E-state index contributed by atoms with van der Waals surface area (Å²) < 4.78 is 49.7. The fourth-order valence-electron chi connectivity index (χ4n) is 1.92. The standard InChI is InChI=1S/C12H15N3O5S2/c1-9-7-8-15(13-9)12(16)14-22(19,20)11-6-4-3-5-10(11)21(2,17)18/h3-6H,7-8H2,1-2H3,(H,14,16). The second-order valence-corrected chi connectivity index (χ2v) is 8.47. The minimum atomic E-state index is -4.32. The van der Waals surface area contributed by atoms with Gasteiger partial charge in [-0.25, -0.2) is 31.4 Å². The van der Waals surface area contributed by atoms with Crippen molar-refractivity contribution in [3.63, 3.8) is 0 Å². The van der Waals surface area contributed by atoms with E-state index in [0.717, 1.165) is 17.3 Å². The van der Waals surface area contributed by atoms with E-state index in [0.29, 0.717) is 12.1 Å². The lowest BCUT2D eigenvalue weighted by molar-refractivity contribution is 0.211. The Morgan fingerprint density at radius 1 is 1.18 bits per heavy atom. The largest absolute Gasteiger partial charge is 0.351 e. The lowest BCUT2D eigenvalue weighted by Crippen LogP contribution is -2.39. The van der Waals surface area contributed by atoms with Crippen LogP contribution in [0.3, 0.4) is 0 Å². The van der Waals surface area contributed by atoms with Crippen molar-refractivity contribution < 1.29 is 21.6 Å². The zero-order valence-electron chi connectivity index (χ0n) is 12.0. The van der Waals surface area contributed by atoms with Gasteiger partial charge in [-0.05, 0) is 19.1 Å². The monoisotopic (exact) mass is 345 g/mol. The van der Waals surface area contributed by atoms with Gasteiger partial charge >= 0.3 is 6.03 Å². The summed E-state index contributed by atoms with van der Waals surface area (Å²) in [5, 5.41) is 4.89. The topological polar surface area (TPSA) is 113 Å². The Morgan fingerprint density at radius 3 is 2.27 bits per heavy atom. The highest BCUT2D eigenvalue weighted by molar-refractivity contribution is 7.93. The first-order valence-electron chi connectivity index (χ1n) is 6.29. The van der Waals surface area contributed by atoms with Crippen molar-refractivity contribution in [2.45, 2.75) is 23.1 Å². The smallest absolute Gasteiger partial charge is 0.246 e. The summed E-state index contributed by atoms with van der Waals surface area (Å²) >= 11 is 0. The number of sulfone groups is 1. The van der Waals surface area contributed by atoms with E-state index in [1.54, 1.807) is 6.92 Å². The first kappa shape index (κ1) is 16.4. The Kier molecular flexibility index (Phi) is 4.25. The number of hydrogen-bond acceptors (Lipinski definition) is 6. The minimum Gasteiger partial charge on any atom is -0.246 e. The van der Waals surface area contributed by atoms with E-state index in [1.165, 1.54) is 18.2 Å². The van der Waals surface area contributed by atoms with Crippen LogP contribution in [0.15, 0.2) is 39.2 Å². The molecule has 120 valence electrons. The number of rotatable bonds is 3. The predicted molar refractivity (Wildman–Crippen MR) is 79.7 cm³/mol. The van der Waals surface area contributed by atoms with Crippen LogP contribution in [-0.4, -0.2) is 46.4 Å². The third-order valence-electron chi connectivity index (χ3n) is 2.97. The van der Waals surface area contributed by atoms with Gasteiger partial charge in [0, 0.05) is 18.4 Å². The van der Waals surface area contributed by atoms with Crippen LogP contribution in [0.2, 0.25) is 0 Å². The normalized spacial score (nSPS) is 15.5. The number of nitrogens with one attached hydrogen (secondary N) is 1. The molecule has 8 nitrogen and oxygen atoms in total. The molecule has 1 aliphatic rings. The second-order valence-electron chi connectivity index (χ2n) is 4.84. The molecule has 1 aromatic carbocycles. The molecular formula is C12H15N3O5S2. The maximum absolute atomic E-state index is 12.3. The SMILES string of the molecule is CC1=NN(C(=O)NS(=O)(=O)c2ccccc2S(C)(=O)=O)CC1. The van der Waals surface area contributed by atoms with Crippen LogP contribution >= 0.6 is 0 Å². The van der Waals surface area contributed by atoms with Crippen molar-refractivity contribution in [2.24, 2.45) is 5.10 Å². The van der Waals surface area contributed by atoms with E-state index in [4.69, 9.17) is 0 Å². The molecule has 22 heavy (non-hydrogen) atoms. The summed E-state index contributed by atoms with van der Waals surface area (Å²) in [4.78, 5) is 11.1. The summed E-state index contributed by atoms with van der Waals surface area (Å²) in [6, 6.07) is 4.17. The van der Waals surface area contributed by atoms with Gasteiger partial charge in [0.2, 0.25) is 0 Å². The Labute approximate surface area is 128 Å². The average Bonchev–Trinajstić information content (AvgIpc) is 2.84. The molecule has 0 spiro atoms. The number of nitrogens with zero attached hydrogens (tertiary/aromatic N) is 2. The molecule has 0 aromatic heterocycles.